The minimum absolute atomic E-state index is 0.211. The second-order valence-electron chi connectivity index (χ2n) is 3.80. The Morgan fingerprint density at radius 2 is 2.25 bits per heavy atom. The zero-order valence-electron chi connectivity index (χ0n) is 10.0. The van der Waals surface area contributed by atoms with Crippen LogP contribution in [0.2, 0.25) is 0 Å². The van der Waals surface area contributed by atoms with Gasteiger partial charge in [-0.2, -0.15) is 0 Å². The molecule has 1 N–H and O–H groups in total. The molecule has 16 heavy (non-hydrogen) atoms. The number of nitrogens with one attached hydrogen (secondary N) is 1. The summed E-state index contributed by atoms with van der Waals surface area (Å²) in [5, 5.41) is 3.16. The predicted molar refractivity (Wildman–Crippen MR) is 64.4 cm³/mol. The van der Waals surface area contributed by atoms with E-state index in [1.807, 2.05) is 25.1 Å². The van der Waals surface area contributed by atoms with Crippen molar-refractivity contribution in [1.82, 2.24) is 5.32 Å². The standard InChI is InChI=1S/C12H19FN2O/c1-14-11(9-16-3)8-15(2)12-6-4-5-10(13)7-12/h4-7,11,14H,8-9H2,1-3H3. The van der Waals surface area contributed by atoms with Crippen molar-refractivity contribution in [2.24, 2.45) is 0 Å². The quantitative estimate of drug-likeness (QED) is 0.795. The molecule has 1 unspecified atom stereocenters. The average Bonchev–Trinajstić information content (AvgIpc) is 2.28. The largest absolute Gasteiger partial charge is 0.383 e. The molecule has 1 aromatic carbocycles. The van der Waals surface area contributed by atoms with E-state index in [9.17, 15) is 4.39 Å². The van der Waals surface area contributed by atoms with Crippen molar-refractivity contribution in [2.45, 2.75) is 6.04 Å². The van der Waals surface area contributed by atoms with E-state index in [1.165, 1.54) is 12.1 Å². The van der Waals surface area contributed by atoms with Crippen LogP contribution in [-0.4, -0.2) is 40.4 Å². The first-order chi connectivity index (χ1) is 7.67. The van der Waals surface area contributed by atoms with Gasteiger partial charge in [0.2, 0.25) is 0 Å². The Hall–Kier alpha value is -1.13. The third-order valence-electron chi connectivity index (χ3n) is 2.52. The maximum Gasteiger partial charge on any atom is 0.125 e. The van der Waals surface area contributed by atoms with Gasteiger partial charge in [0.1, 0.15) is 5.82 Å². The van der Waals surface area contributed by atoms with E-state index in [0.29, 0.717) is 6.61 Å². The Morgan fingerprint density at radius 1 is 1.50 bits per heavy atom. The van der Waals surface area contributed by atoms with Gasteiger partial charge >= 0.3 is 0 Å². The topological polar surface area (TPSA) is 24.5 Å². The van der Waals surface area contributed by atoms with E-state index in [2.05, 4.69) is 5.32 Å². The summed E-state index contributed by atoms with van der Waals surface area (Å²) in [5.41, 5.74) is 0.872. The number of hydrogen-bond donors (Lipinski definition) is 1. The van der Waals surface area contributed by atoms with Crippen molar-refractivity contribution >= 4 is 5.69 Å². The Kier molecular flexibility index (Phi) is 5.22. The lowest BCUT2D eigenvalue weighted by molar-refractivity contribution is 0.171. The molecule has 0 amide bonds. The molecule has 0 aliphatic heterocycles. The summed E-state index contributed by atoms with van der Waals surface area (Å²) in [7, 11) is 5.50. The van der Waals surface area contributed by atoms with Gasteiger partial charge in [0.15, 0.2) is 0 Å². The molecule has 1 rings (SSSR count). The van der Waals surface area contributed by atoms with Crippen LogP contribution in [0.15, 0.2) is 24.3 Å². The molecule has 0 saturated heterocycles. The molecular weight excluding hydrogens is 207 g/mol. The number of nitrogens with zero attached hydrogens (tertiary/aromatic N) is 1. The summed E-state index contributed by atoms with van der Waals surface area (Å²) in [5.74, 6) is -0.211. The fraction of sp³-hybridized carbons (Fsp3) is 0.500. The number of hydrogen-bond acceptors (Lipinski definition) is 3. The summed E-state index contributed by atoms with van der Waals surface area (Å²) in [6, 6.07) is 6.81. The summed E-state index contributed by atoms with van der Waals surface area (Å²) in [6.07, 6.45) is 0. The molecule has 0 radical (unpaired) electrons. The minimum atomic E-state index is -0.211. The van der Waals surface area contributed by atoms with E-state index < -0.39 is 0 Å². The summed E-state index contributed by atoms with van der Waals surface area (Å²) in [4.78, 5) is 2.00. The Morgan fingerprint density at radius 3 is 2.81 bits per heavy atom. The smallest absolute Gasteiger partial charge is 0.125 e. The van der Waals surface area contributed by atoms with Crippen LogP contribution >= 0.6 is 0 Å². The van der Waals surface area contributed by atoms with Gasteiger partial charge in [-0.15, -0.1) is 0 Å². The monoisotopic (exact) mass is 226 g/mol. The van der Waals surface area contributed by atoms with Gasteiger partial charge in [-0.25, -0.2) is 4.39 Å². The number of ether oxygens (including phenoxy) is 1. The number of methoxy groups -OCH3 is 1. The third-order valence-corrected chi connectivity index (χ3v) is 2.52. The number of benzene rings is 1. The van der Waals surface area contributed by atoms with Gasteiger partial charge in [0, 0.05) is 32.4 Å². The number of anilines is 1. The van der Waals surface area contributed by atoms with Crippen molar-refractivity contribution in [2.75, 3.05) is 39.3 Å². The van der Waals surface area contributed by atoms with E-state index >= 15 is 0 Å². The van der Waals surface area contributed by atoms with Crippen LogP contribution in [0.3, 0.4) is 0 Å². The van der Waals surface area contributed by atoms with Crippen LogP contribution in [0.5, 0.6) is 0 Å². The highest BCUT2D eigenvalue weighted by Gasteiger charge is 2.10. The number of halogens is 1. The highest BCUT2D eigenvalue weighted by atomic mass is 19.1. The number of rotatable bonds is 6. The average molecular weight is 226 g/mol. The Labute approximate surface area is 96.2 Å². The number of likely N-dealkylation sites (N-methyl/N-ethyl adjacent to an activating group) is 2. The summed E-state index contributed by atoms with van der Waals surface area (Å²) < 4.78 is 18.1. The first-order valence-electron chi connectivity index (χ1n) is 5.30. The molecule has 0 bridgehead atoms. The molecule has 1 aromatic rings. The van der Waals surface area contributed by atoms with Crippen LogP contribution in [0, 0.1) is 5.82 Å². The zero-order valence-corrected chi connectivity index (χ0v) is 10.0. The van der Waals surface area contributed by atoms with Crippen LogP contribution < -0.4 is 10.2 Å². The first kappa shape index (κ1) is 12.9. The predicted octanol–water partition coefficient (Wildman–Crippen LogP) is 1.50. The van der Waals surface area contributed by atoms with Crippen molar-refractivity contribution < 1.29 is 9.13 Å². The maximum absolute atomic E-state index is 13.0. The SMILES string of the molecule is CNC(COC)CN(C)c1cccc(F)c1. The van der Waals surface area contributed by atoms with Crippen LogP contribution in [0.4, 0.5) is 10.1 Å². The molecule has 3 nitrogen and oxygen atoms in total. The molecular formula is C12H19FN2O. The molecule has 1 atom stereocenters. The van der Waals surface area contributed by atoms with Crippen molar-refractivity contribution in [3.63, 3.8) is 0 Å². The van der Waals surface area contributed by atoms with E-state index in [-0.39, 0.29) is 11.9 Å². The van der Waals surface area contributed by atoms with Gasteiger partial charge < -0.3 is 15.0 Å². The van der Waals surface area contributed by atoms with Crippen molar-refractivity contribution in [3.05, 3.63) is 30.1 Å². The van der Waals surface area contributed by atoms with Gasteiger partial charge in [0.25, 0.3) is 0 Å². The molecule has 0 saturated carbocycles. The molecule has 0 aliphatic carbocycles. The second-order valence-corrected chi connectivity index (χ2v) is 3.80. The molecule has 0 heterocycles. The van der Waals surface area contributed by atoms with Gasteiger partial charge in [-0.3, -0.25) is 0 Å². The van der Waals surface area contributed by atoms with Crippen molar-refractivity contribution in [1.29, 1.82) is 0 Å². The van der Waals surface area contributed by atoms with Gasteiger partial charge in [-0.1, -0.05) is 6.07 Å². The molecule has 0 aliphatic rings. The first-order valence-corrected chi connectivity index (χ1v) is 5.30. The van der Waals surface area contributed by atoms with Gasteiger partial charge in [0.05, 0.1) is 6.61 Å². The zero-order chi connectivity index (χ0) is 12.0. The third kappa shape index (κ3) is 3.79. The highest BCUT2D eigenvalue weighted by Crippen LogP contribution is 2.13. The van der Waals surface area contributed by atoms with E-state index in [0.717, 1.165) is 12.2 Å². The fourth-order valence-electron chi connectivity index (χ4n) is 1.58. The van der Waals surface area contributed by atoms with Gasteiger partial charge in [-0.05, 0) is 25.2 Å². The van der Waals surface area contributed by atoms with E-state index in [1.54, 1.807) is 13.2 Å². The summed E-state index contributed by atoms with van der Waals surface area (Å²) in [6.45, 7) is 1.41. The minimum Gasteiger partial charge on any atom is -0.383 e. The second kappa shape index (κ2) is 6.45. The normalized spacial score (nSPS) is 12.5. The lowest BCUT2D eigenvalue weighted by Crippen LogP contribution is -2.40. The fourth-order valence-corrected chi connectivity index (χ4v) is 1.58. The Balaban J connectivity index is 2.60. The molecule has 0 spiro atoms. The van der Waals surface area contributed by atoms with E-state index in [4.69, 9.17) is 4.74 Å². The van der Waals surface area contributed by atoms with Crippen LogP contribution in [-0.2, 0) is 4.74 Å². The molecule has 0 aromatic heterocycles. The molecule has 90 valence electrons. The molecule has 4 heteroatoms. The molecule has 0 fully saturated rings. The lowest BCUT2D eigenvalue weighted by atomic mass is 10.2. The highest BCUT2D eigenvalue weighted by molar-refractivity contribution is 5.45. The van der Waals surface area contributed by atoms with Crippen LogP contribution in [0.25, 0.3) is 0 Å². The van der Waals surface area contributed by atoms with Crippen LogP contribution in [0.1, 0.15) is 0 Å². The summed E-state index contributed by atoms with van der Waals surface area (Å²) >= 11 is 0. The lowest BCUT2D eigenvalue weighted by Gasteiger charge is -2.25. The van der Waals surface area contributed by atoms with Crippen molar-refractivity contribution in [3.8, 4) is 0 Å². The Bertz CT molecular complexity index is 320. The maximum atomic E-state index is 13.0.